The first-order valence-electron chi connectivity index (χ1n) is 2.62. The number of ether oxygens (including phenoxy) is 1. The van der Waals surface area contributed by atoms with Crippen molar-refractivity contribution < 1.29 is 14.5 Å². The highest BCUT2D eigenvalue weighted by Crippen LogP contribution is 2.22. The van der Waals surface area contributed by atoms with E-state index in [4.69, 9.17) is 9.62 Å². The summed E-state index contributed by atoms with van der Waals surface area (Å²) in [5, 5.41) is 0. The van der Waals surface area contributed by atoms with Crippen molar-refractivity contribution in [2.75, 3.05) is 0 Å². The van der Waals surface area contributed by atoms with Gasteiger partial charge in [-0.3, -0.25) is 0 Å². The van der Waals surface area contributed by atoms with Gasteiger partial charge in [0.15, 0.2) is 12.1 Å². The Balaban J connectivity index is 2.44. The minimum Gasteiger partial charge on any atom is -0.316 e. The number of hydrogen-bond acceptors (Lipinski definition) is 3. The lowest BCUT2D eigenvalue weighted by Gasteiger charge is -2.10. The Kier molecular flexibility index (Phi) is 1.27. The lowest BCUT2D eigenvalue weighted by molar-refractivity contribution is -0.319. The van der Waals surface area contributed by atoms with E-state index in [2.05, 4.69) is 4.89 Å². The van der Waals surface area contributed by atoms with E-state index < -0.39 is 5.79 Å². The average molecular weight is 118 g/mol. The molecule has 0 radical (unpaired) electrons. The van der Waals surface area contributed by atoms with Crippen molar-refractivity contribution in [3.8, 4) is 0 Å². The highest BCUT2D eigenvalue weighted by Gasteiger charge is 2.31. The summed E-state index contributed by atoms with van der Waals surface area (Å²) >= 11 is 0. The van der Waals surface area contributed by atoms with Crippen molar-refractivity contribution in [1.29, 1.82) is 0 Å². The normalized spacial score (nSPS) is 35.6. The second-order valence-electron chi connectivity index (χ2n) is 2.26. The third kappa shape index (κ3) is 1.18. The molecule has 0 aromatic rings. The summed E-state index contributed by atoms with van der Waals surface area (Å²) in [5.41, 5.74) is 0. The fraction of sp³-hybridized carbons (Fsp3) is 1.00. The third-order valence-corrected chi connectivity index (χ3v) is 0.834. The molecule has 0 amide bonds. The van der Waals surface area contributed by atoms with Crippen LogP contribution in [0.2, 0.25) is 0 Å². The van der Waals surface area contributed by atoms with E-state index in [1.165, 1.54) is 0 Å². The zero-order chi connectivity index (χ0) is 6.20. The molecule has 0 spiro atoms. The number of rotatable bonds is 0. The minimum atomic E-state index is -0.556. The molecule has 1 unspecified atom stereocenters. The molecule has 1 fully saturated rings. The first kappa shape index (κ1) is 6.01. The summed E-state index contributed by atoms with van der Waals surface area (Å²) in [5.74, 6) is -0.556. The second-order valence-corrected chi connectivity index (χ2v) is 2.26. The maximum absolute atomic E-state index is 5.10. The fourth-order valence-electron chi connectivity index (χ4n) is 0.623. The molecule has 0 aromatic carbocycles. The molecule has 1 aliphatic rings. The van der Waals surface area contributed by atoms with Crippen LogP contribution in [-0.2, 0) is 14.5 Å². The van der Waals surface area contributed by atoms with Crippen LogP contribution in [0.1, 0.15) is 20.8 Å². The van der Waals surface area contributed by atoms with Crippen molar-refractivity contribution in [1.82, 2.24) is 0 Å². The van der Waals surface area contributed by atoms with Crippen LogP contribution < -0.4 is 0 Å². The summed E-state index contributed by atoms with van der Waals surface area (Å²) < 4.78 is 5.10. The molecule has 3 nitrogen and oxygen atoms in total. The smallest absolute Gasteiger partial charge is 0.199 e. The van der Waals surface area contributed by atoms with Crippen LogP contribution in [-0.4, -0.2) is 12.1 Å². The molecule has 1 aliphatic heterocycles. The van der Waals surface area contributed by atoms with Crippen LogP contribution in [0.4, 0.5) is 0 Å². The average Bonchev–Trinajstić information content (AvgIpc) is 1.82. The lowest BCUT2D eigenvalue weighted by atomic mass is 10.4. The third-order valence-electron chi connectivity index (χ3n) is 0.834. The Morgan fingerprint density at radius 1 is 1.38 bits per heavy atom. The summed E-state index contributed by atoms with van der Waals surface area (Å²) in [6.07, 6.45) is -0.231. The molecule has 3 heteroatoms. The van der Waals surface area contributed by atoms with Gasteiger partial charge in [0.2, 0.25) is 0 Å². The molecular weight excluding hydrogens is 108 g/mol. The first-order chi connectivity index (χ1) is 3.60. The predicted molar refractivity (Wildman–Crippen MR) is 26.8 cm³/mol. The second kappa shape index (κ2) is 1.69. The Bertz CT molecular complexity index is 89.7. The molecule has 0 aromatic heterocycles. The molecule has 1 atom stereocenters. The van der Waals surface area contributed by atoms with Crippen LogP contribution in [0.25, 0.3) is 0 Å². The molecule has 1 rings (SSSR count). The minimum absolute atomic E-state index is 0.231. The molecule has 0 aliphatic carbocycles. The maximum atomic E-state index is 5.10. The molecule has 1 saturated heterocycles. The highest BCUT2D eigenvalue weighted by atomic mass is 17.3. The van der Waals surface area contributed by atoms with Crippen LogP contribution in [0.3, 0.4) is 0 Å². The van der Waals surface area contributed by atoms with Crippen LogP contribution in [0.15, 0.2) is 0 Å². The van der Waals surface area contributed by atoms with Gasteiger partial charge in [-0.2, -0.15) is 4.89 Å². The van der Waals surface area contributed by atoms with E-state index in [9.17, 15) is 0 Å². The van der Waals surface area contributed by atoms with Gasteiger partial charge in [-0.1, -0.05) is 0 Å². The monoisotopic (exact) mass is 118 g/mol. The van der Waals surface area contributed by atoms with Crippen LogP contribution in [0, 0.1) is 0 Å². The molecule has 0 N–H and O–H groups in total. The van der Waals surface area contributed by atoms with Crippen LogP contribution in [0.5, 0.6) is 0 Å². The Morgan fingerprint density at radius 3 is 2.12 bits per heavy atom. The van der Waals surface area contributed by atoms with Gasteiger partial charge in [-0.25, -0.2) is 4.89 Å². The lowest BCUT2D eigenvalue weighted by Crippen LogP contribution is -2.20. The Morgan fingerprint density at radius 2 is 2.00 bits per heavy atom. The van der Waals surface area contributed by atoms with Gasteiger partial charge in [0, 0.05) is 0 Å². The largest absolute Gasteiger partial charge is 0.316 e. The maximum Gasteiger partial charge on any atom is 0.199 e. The fourth-order valence-corrected chi connectivity index (χ4v) is 0.623. The van der Waals surface area contributed by atoms with Gasteiger partial charge in [0.05, 0.1) is 0 Å². The van der Waals surface area contributed by atoms with Crippen LogP contribution >= 0.6 is 0 Å². The van der Waals surface area contributed by atoms with E-state index in [1.54, 1.807) is 20.8 Å². The van der Waals surface area contributed by atoms with Crippen molar-refractivity contribution in [3.63, 3.8) is 0 Å². The predicted octanol–water partition coefficient (Wildman–Crippen LogP) is 1.05. The van der Waals surface area contributed by atoms with E-state index in [-0.39, 0.29) is 6.29 Å². The zero-order valence-corrected chi connectivity index (χ0v) is 5.30. The van der Waals surface area contributed by atoms with Gasteiger partial charge in [0.1, 0.15) is 0 Å². The van der Waals surface area contributed by atoms with Crippen molar-refractivity contribution >= 4 is 0 Å². The summed E-state index contributed by atoms with van der Waals surface area (Å²) in [6.45, 7) is 5.39. The van der Waals surface area contributed by atoms with E-state index in [0.717, 1.165) is 0 Å². The topological polar surface area (TPSA) is 27.7 Å². The first-order valence-corrected chi connectivity index (χ1v) is 2.62. The summed E-state index contributed by atoms with van der Waals surface area (Å²) in [6, 6.07) is 0. The van der Waals surface area contributed by atoms with E-state index >= 15 is 0 Å². The van der Waals surface area contributed by atoms with Crippen molar-refractivity contribution in [2.45, 2.75) is 32.8 Å². The molecule has 0 bridgehead atoms. The quantitative estimate of drug-likeness (QED) is 0.445. The zero-order valence-electron chi connectivity index (χ0n) is 5.30. The van der Waals surface area contributed by atoms with Gasteiger partial charge in [-0.15, -0.1) is 0 Å². The van der Waals surface area contributed by atoms with Gasteiger partial charge in [-0.05, 0) is 20.8 Å². The number of hydrogen-bond donors (Lipinski definition) is 0. The molecule has 48 valence electrons. The summed E-state index contributed by atoms with van der Waals surface area (Å²) in [4.78, 5) is 9.38. The molecule has 0 saturated carbocycles. The Labute approximate surface area is 48.5 Å². The summed E-state index contributed by atoms with van der Waals surface area (Å²) in [7, 11) is 0. The Hall–Kier alpha value is -0.120. The SMILES string of the molecule is CC1OOC(C)(C)O1. The van der Waals surface area contributed by atoms with Gasteiger partial charge in [0.25, 0.3) is 0 Å². The van der Waals surface area contributed by atoms with E-state index in [1.807, 2.05) is 0 Å². The van der Waals surface area contributed by atoms with Crippen molar-refractivity contribution in [2.24, 2.45) is 0 Å². The molecule has 1 heterocycles. The van der Waals surface area contributed by atoms with E-state index in [0.29, 0.717) is 0 Å². The van der Waals surface area contributed by atoms with Crippen molar-refractivity contribution in [3.05, 3.63) is 0 Å². The molecule has 8 heavy (non-hydrogen) atoms. The molecular formula is C5H10O3. The van der Waals surface area contributed by atoms with Gasteiger partial charge < -0.3 is 4.74 Å². The standard InChI is InChI=1S/C5H10O3/c1-4-6-5(2,3)8-7-4/h4H,1-3H3. The van der Waals surface area contributed by atoms with Gasteiger partial charge >= 0.3 is 0 Å². The highest BCUT2D eigenvalue weighted by molar-refractivity contribution is 4.54.